The van der Waals surface area contributed by atoms with Crippen molar-refractivity contribution in [2.45, 2.75) is 40.2 Å². The molecule has 0 spiro atoms. The highest BCUT2D eigenvalue weighted by Gasteiger charge is 2.07. The first-order valence-electron chi connectivity index (χ1n) is 5.68. The molecule has 0 amide bonds. The van der Waals surface area contributed by atoms with Gasteiger partial charge in [-0.15, -0.1) is 0 Å². The number of rotatable bonds is 7. The first-order valence-corrected chi connectivity index (χ1v) is 5.68. The molecule has 0 fully saturated rings. The van der Waals surface area contributed by atoms with E-state index < -0.39 is 0 Å². The summed E-state index contributed by atoms with van der Waals surface area (Å²) in [6.07, 6.45) is 4.44. The van der Waals surface area contributed by atoms with Gasteiger partial charge in [-0.05, 0) is 19.8 Å². The van der Waals surface area contributed by atoms with Crippen LogP contribution in [0.15, 0.2) is 12.2 Å². The summed E-state index contributed by atoms with van der Waals surface area (Å²) in [4.78, 5) is 10.9. The van der Waals surface area contributed by atoms with Gasteiger partial charge in [-0.1, -0.05) is 26.3 Å². The standard InChI is InChI=1S/C12H23NO2/c1-5-10(3)11(4)13-9-7-8-12(14)15-6-2/h7-8,10-11,13H,5-6,9H2,1-4H3/b8-7+. The van der Waals surface area contributed by atoms with E-state index in [2.05, 4.69) is 26.1 Å². The molecule has 2 unspecified atom stereocenters. The Labute approximate surface area is 92.9 Å². The lowest BCUT2D eigenvalue weighted by molar-refractivity contribution is -0.137. The zero-order valence-corrected chi connectivity index (χ0v) is 10.2. The third-order valence-electron chi connectivity index (χ3n) is 2.60. The number of hydrogen-bond acceptors (Lipinski definition) is 3. The molecule has 2 atom stereocenters. The lowest BCUT2D eigenvalue weighted by atomic mass is 10.0. The van der Waals surface area contributed by atoms with Crippen molar-refractivity contribution >= 4 is 5.97 Å². The van der Waals surface area contributed by atoms with E-state index in [0.29, 0.717) is 25.1 Å². The van der Waals surface area contributed by atoms with Gasteiger partial charge >= 0.3 is 5.97 Å². The van der Waals surface area contributed by atoms with Crippen LogP contribution in [0.2, 0.25) is 0 Å². The molecule has 0 aromatic heterocycles. The maximum atomic E-state index is 10.9. The highest BCUT2D eigenvalue weighted by atomic mass is 16.5. The normalized spacial score (nSPS) is 15.2. The minimum Gasteiger partial charge on any atom is -0.463 e. The van der Waals surface area contributed by atoms with Crippen molar-refractivity contribution in [2.75, 3.05) is 13.2 Å². The van der Waals surface area contributed by atoms with Crippen LogP contribution in [0.3, 0.4) is 0 Å². The van der Waals surface area contributed by atoms with Gasteiger partial charge in [-0.3, -0.25) is 0 Å². The summed E-state index contributed by atoms with van der Waals surface area (Å²) in [5, 5.41) is 3.34. The second-order valence-electron chi connectivity index (χ2n) is 3.74. The first kappa shape index (κ1) is 14.2. The lowest BCUT2D eigenvalue weighted by Gasteiger charge is -2.18. The monoisotopic (exact) mass is 213 g/mol. The smallest absolute Gasteiger partial charge is 0.330 e. The quantitative estimate of drug-likeness (QED) is 0.520. The molecule has 3 nitrogen and oxygen atoms in total. The number of carbonyl (C=O) groups is 1. The van der Waals surface area contributed by atoms with E-state index in [1.165, 1.54) is 6.08 Å². The van der Waals surface area contributed by atoms with Gasteiger partial charge in [0.2, 0.25) is 0 Å². The molecule has 88 valence electrons. The van der Waals surface area contributed by atoms with Crippen LogP contribution in [0, 0.1) is 5.92 Å². The van der Waals surface area contributed by atoms with Crippen molar-refractivity contribution in [1.29, 1.82) is 0 Å². The molecule has 0 aliphatic heterocycles. The van der Waals surface area contributed by atoms with E-state index in [9.17, 15) is 4.79 Å². The molecule has 15 heavy (non-hydrogen) atoms. The largest absolute Gasteiger partial charge is 0.463 e. The van der Waals surface area contributed by atoms with Crippen LogP contribution in [0.5, 0.6) is 0 Å². The van der Waals surface area contributed by atoms with Crippen molar-refractivity contribution < 1.29 is 9.53 Å². The van der Waals surface area contributed by atoms with Crippen LogP contribution in [-0.2, 0) is 9.53 Å². The number of nitrogens with one attached hydrogen (secondary N) is 1. The predicted molar refractivity (Wildman–Crippen MR) is 62.7 cm³/mol. The van der Waals surface area contributed by atoms with Gasteiger partial charge in [0, 0.05) is 18.7 Å². The van der Waals surface area contributed by atoms with Gasteiger partial charge in [-0.25, -0.2) is 4.79 Å². The van der Waals surface area contributed by atoms with Crippen LogP contribution in [0.25, 0.3) is 0 Å². The molecule has 0 saturated heterocycles. The summed E-state index contributed by atoms with van der Waals surface area (Å²) in [6.45, 7) is 9.50. The first-order chi connectivity index (χ1) is 7.11. The molecular formula is C12H23NO2. The average Bonchev–Trinajstić information content (AvgIpc) is 2.23. The van der Waals surface area contributed by atoms with Crippen LogP contribution < -0.4 is 5.32 Å². The molecule has 0 rings (SSSR count). The van der Waals surface area contributed by atoms with E-state index in [1.54, 1.807) is 13.0 Å². The van der Waals surface area contributed by atoms with E-state index in [0.717, 1.165) is 6.42 Å². The van der Waals surface area contributed by atoms with E-state index in [4.69, 9.17) is 4.74 Å². The highest BCUT2D eigenvalue weighted by molar-refractivity contribution is 5.81. The molecular weight excluding hydrogens is 190 g/mol. The Morgan fingerprint density at radius 2 is 2.07 bits per heavy atom. The molecule has 0 saturated carbocycles. The Balaban J connectivity index is 3.64. The van der Waals surface area contributed by atoms with Crippen molar-refractivity contribution in [3.8, 4) is 0 Å². The van der Waals surface area contributed by atoms with Crippen LogP contribution in [-0.4, -0.2) is 25.2 Å². The topological polar surface area (TPSA) is 38.3 Å². The van der Waals surface area contributed by atoms with Gasteiger partial charge in [-0.2, -0.15) is 0 Å². The predicted octanol–water partition coefficient (Wildman–Crippen LogP) is 2.13. The molecule has 1 N–H and O–H groups in total. The Morgan fingerprint density at radius 1 is 1.40 bits per heavy atom. The van der Waals surface area contributed by atoms with Crippen LogP contribution >= 0.6 is 0 Å². The summed E-state index contributed by atoms with van der Waals surface area (Å²) < 4.78 is 4.76. The highest BCUT2D eigenvalue weighted by Crippen LogP contribution is 2.05. The number of esters is 1. The van der Waals surface area contributed by atoms with Crippen LogP contribution in [0.4, 0.5) is 0 Å². The van der Waals surface area contributed by atoms with E-state index in [-0.39, 0.29) is 5.97 Å². The Morgan fingerprint density at radius 3 is 2.60 bits per heavy atom. The zero-order valence-electron chi connectivity index (χ0n) is 10.2. The summed E-state index contributed by atoms with van der Waals surface area (Å²) in [5.74, 6) is 0.386. The summed E-state index contributed by atoms with van der Waals surface area (Å²) in [6, 6.07) is 0.474. The number of hydrogen-bond donors (Lipinski definition) is 1. The van der Waals surface area contributed by atoms with Crippen molar-refractivity contribution in [3.63, 3.8) is 0 Å². The average molecular weight is 213 g/mol. The summed E-state index contributed by atoms with van der Waals surface area (Å²) in [7, 11) is 0. The van der Waals surface area contributed by atoms with Crippen LogP contribution in [0.1, 0.15) is 34.1 Å². The Hall–Kier alpha value is -0.830. The molecule has 0 radical (unpaired) electrons. The van der Waals surface area contributed by atoms with Gasteiger partial charge in [0.1, 0.15) is 0 Å². The summed E-state index contributed by atoms with van der Waals surface area (Å²) in [5.41, 5.74) is 0. The Bertz CT molecular complexity index is 202. The van der Waals surface area contributed by atoms with Gasteiger partial charge in [0.15, 0.2) is 0 Å². The van der Waals surface area contributed by atoms with Crippen molar-refractivity contribution in [3.05, 3.63) is 12.2 Å². The molecule has 0 bridgehead atoms. The number of carbonyl (C=O) groups excluding carboxylic acids is 1. The van der Waals surface area contributed by atoms with Gasteiger partial charge < -0.3 is 10.1 Å². The maximum Gasteiger partial charge on any atom is 0.330 e. The fourth-order valence-electron chi connectivity index (χ4n) is 1.15. The van der Waals surface area contributed by atoms with Crippen molar-refractivity contribution in [2.24, 2.45) is 5.92 Å². The van der Waals surface area contributed by atoms with Gasteiger partial charge in [0.25, 0.3) is 0 Å². The fourth-order valence-corrected chi connectivity index (χ4v) is 1.15. The second-order valence-corrected chi connectivity index (χ2v) is 3.74. The minimum absolute atomic E-state index is 0.268. The third-order valence-corrected chi connectivity index (χ3v) is 2.60. The molecule has 0 aliphatic rings. The zero-order chi connectivity index (χ0) is 11.7. The molecule has 0 aliphatic carbocycles. The SMILES string of the molecule is CCOC(=O)/C=C/CNC(C)C(C)CC. The molecule has 0 heterocycles. The summed E-state index contributed by atoms with van der Waals surface area (Å²) >= 11 is 0. The lowest BCUT2D eigenvalue weighted by Crippen LogP contribution is -2.31. The van der Waals surface area contributed by atoms with E-state index in [1.807, 2.05) is 0 Å². The minimum atomic E-state index is -0.268. The second kappa shape index (κ2) is 8.48. The Kier molecular flexibility index (Phi) is 8.01. The van der Waals surface area contributed by atoms with Crippen molar-refractivity contribution in [1.82, 2.24) is 5.32 Å². The van der Waals surface area contributed by atoms with Gasteiger partial charge in [0.05, 0.1) is 6.61 Å². The van der Waals surface area contributed by atoms with E-state index >= 15 is 0 Å². The maximum absolute atomic E-state index is 10.9. The number of ether oxygens (including phenoxy) is 1. The molecule has 3 heteroatoms. The fraction of sp³-hybridized carbons (Fsp3) is 0.750. The molecule has 0 aromatic carbocycles. The third kappa shape index (κ3) is 7.14. The molecule has 0 aromatic rings.